The van der Waals surface area contributed by atoms with Crippen LogP contribution in [0.4, 0.5) is 5.82 Å². The molecular formula is C16H21N5O. The molecular weight excluding hydrogens is 278 g/mol. The molecule has 0 aromatic carbocycles. The van der Waals surface area contributed by atoms with E-state index < -0.39 is 0 Å². The summed E-state index contributed by atoms with van der Waals surface area (Å²) in [5, 5.41) is 3.05. The highest BCUT2D eigenvalue weighted by Crippen LogP contribution is 2.32. The van der Waals surface area contributed by atoms with Crippen molar-refractivity contribution in [1.82, 2.24) is 19.4 Å². The van der Waals surface area contributed by atoms with Gasteiger partial charge in [-0.2, -0.15) is 0 Å². The first-order valence-corrected chi connectivity index (χ1v) is 7.56. The highest BCUT2D eigenvalue weighted by Gasteiger charge is 2.32. The van der Waals surface area contributed by atoms with Gasteiger partial charge in [0.2, 0.25) is 0 Å². The van der Waals surface area contributed by atoms with Gasteiger partial charge in [-0.3, -0.25) is 4.79 Å². The Balaban J connectivity index is 1.92. The van der Waals surface area contributed by atoms with E-state index in [4.69, 9.17) is 0 Å². The van der Waals surface area contributed by atoms with Gasteiger partial charge in [0.15, 0.2) is 0 Å². The van der Waals surface area contributed by atoms with E-state index in [-0.39, 0.29) is 11.9 Å². The Kier molecular flexibility index (Phi) is 3.83. The van der Waals surface area contributed by atoms with Crippen molar-refractivity contribution in [3.05, 3.63) is 41.6 Å². The zero-order valence-corrected chi connectivity index (χ0v) is 13.2. The van der Waals surface area contributed by atoms with Crippen LogP contribution in [-0.2, 0) is 7.05 Å². The first kappa shape index (κ1) is 14.6. The third-order valence-electron chi connectivity index (χ3n) is 4.13. The summed E-state index contributed by atoms with van der Waals surface area (Å²) < 4.78 is 1.86. The number of aromatic nitrogens is 3. The molecule has 0 bridgehead atoms. The second-order valence-corrected chi connectivity index (χ2v) is 5.64. The molecule has 1 amide bonds. The topological polar surface area (TPSA) is 63.1 Å². The molecule has 1 aliphatic heterocycles. The fourth-order valence-electron chi connectivity index (χ4n) is 3.04. The Labute approximate surface area is 130 Å². The zero-order valence-electron chi connectivity index (χ0n) is 13.2. The van der Waals surface area contributed by atoms with Crippen LogP contribution < -0.4 is 5.32 Å². The van der Waals surface area contributed by atoms with Crippen LogP contribution in [0.15, 0.2) is 24.4 Å². The Morgan fingerprint density at radius 3 is 2.91 bits per heavy atom. The Morgan fingerprint density at radius 1 is 1.41 bits per heavy atom. The van der Waals surface area contributed by atoms with Crippen molar-refractivity contribution in [2.45, 2.75) is 25.8 Å². The summed E-state index contributed by atoms with van der Waals surface area (Å²) in [6.07, 6.45) is 3.83. The molecule has 0 spiro atoms. The lowest BCUT2D eigenvalue weighted by molar-refractivity contribution is 0.0723. The van der Waals surface area contributed by atoms with E-state index in [1.165, 1.54) is 0 Å². The number of carbonyl (C=O) groups excluding carboxylic acids is 1. The minimum Gasteiger partial charge on any atom is -0.373 e. The van der Waals surface area contributed by atoms with Gasteiger partial charge in [0, 0.05) is 32.9 Å². The maximum atomic E-state index is 12.8. The van der Waals surface area contributed by atoms with Crippen LogP contribution in [0, 0.1) is 6.92 Å². The van der Waals surface area contributed by atoms with Crippen molar-refractivity contribution in [1.29, 1.82) is 0 Å². The summed E-state index contributed by atoms with van der Waals surface area (Å²) in [7, 11) is 3.74. The number of carbonyl (C=O) groups is 1. The molecule has 2 aromatic rings. The SMILES string of the molecule is CNc1cc([C@@H]2CCCN2C(=O)c2cccn2C)nc(C)n1. The molecule has 0 saturated carbocycles. The third-order valence-corrected chi connectivity index (χ3v) is 4.13. The summed E-state index contributed by atoms with van der Waals surface area (Å²) in [5.74, 6) is 1.58. The predicted molar refractivity (Wildman–Crippen MR) is 84.7 cm³/mol. The second kappa shape index (κ2) is 5.79. The molecule has 3 rings (SSSR count). The van der Waals surface area contributed by atoms with Gasteiger partial charge >= 0.3 is 0 Å². The van der Waals surface area contributed by atoms with Gasteiger partial charge in [-0.15, -0.1) is 0 Å². The fourth-order valence-corrected chi connectivity index (χ4v) is 3.04. The van der Waals surface area contributed by atoms with Gasteiger partial charge in [-0.25, -0.2) is 9.97 Å². The molecule has 22 heavy (non-hydrogen) atoms. The smallest absolute Gasteiger partial charge is 0.271 e. The molecule has 0 unspecified atom stereocenters. The molecule has 116 valence electrons. The molecule has 0 radical (unpaired) electrons. The number of hydrogen-bond donors (Lipinski definition) is 1. The van der Waals surface area contributed by atoms with E-state index in [2.05, 4.69) is 15.3 Å². The molecule has 1 aliphatic rings. The average Bonchev–Trinajstić information content (AvgIpc) is 3.14. The highest BCUT2D eigenvalue weighted by molar-refractivity contribution is 5.93. The number of nitrogens with zero attached hydrogens (tertiary/aromatic N) is 4. The van der Waals surface area contributed by atoms with Crippen molar-refractivity contribution in [3.63, 3.8) is 0 Å². The lowest BCUT2D eigenvalue weighted by atomic mass is 10.1. The van der Waals surface area contributed by atoms with E-state index in [9.17, 15) is 4.79 Å². The number of rotatable bonds is 3. The van der Waals surface area contributed by atoms with Crippen LogP contribution in [0.3, 0.4) is 0 Å². The van der Waals surface area contributed by atoms with E-state index >= 15 is 0 Å². The molecule has 1 N–H and O–H groups in total. The number of aryl methyl sites for hydroxylation is 2. The van der Waals surface area contributed by atoms with Crippen LogP contribution in [-0.4, -0.2) is 38.9 Å². The van der Waals surface area contributed by atoms with Crippen molar-refractivity contribution in [2.24, 2.45) is 7.05 Å². The number of likely N-dealkylation sites (tertiary alicyclic amines) is 1. The number of anilines is 1. The van der Waals surface area contributed by atoms with Crippen LogP contribution in [0.5, 0.6) is 0 Å². The maximum absolute atomic E-state index is 12.8. The normalized spacial score (nSPS) is 17.8. The number of nitrogens with one attached hydrogen (secondary N) is 1. The van der Waals surface area contributed by atoms with E-state index in [0.717, 1.165) is 36.7 Å². The lowest BCUT2D eigenvalue weighted by Crippen LogP contribution is -2.32. The van der Waals surface area contributed by atoms with Crippen LogP contribution in [0.25, 0.3) is 0 Å². The van der Waals surface area contributed by atoms with Gasteiger partial charge in [0.25, 0.3) is 5.91 Å². The molecule has 3 heterocycles. The fraction of sp³-hybridized carbons (Fsp3) is 0.438. The van der Waals surface area contributed by atoms with Gasteiger partial charge in [0.05, 0.1) is 11.7 Å². The van der Waals surface area contributed by atoms with Gasteiger partial charge < -0.3 is 14.8 Å². The lowest BCUT2D eigenvalue weighted by Gasteiger charge is -2.25. The summed E-state index contributed by atoms with van der Waals surface area (Å²) in [5.41, 5.74) is 1.63. The van der Waals surface area contributed by atoms with Crippen LogP contribution in [0.2, 0.25) is 0 Å². The van der Waals surface area contributed by atoms with Crippen LogP contribution in [0.1, 0.15) is 40.9 Å². The van der Waals surface area contributed by atoms with E-state index in [0.29, 0.717) is 5.69 Å². The third kappa shape index (κ3) is 2.56. The number of amides is 1. The molecule has 1 atom stereocenters. The molecule has 6 heteroatoms. The predicted octanol–water partition coefficient (Wildman–Crippen LogP) is 2.14. The zero-order chi connectivity index (χ0) is 15.7. The first-order valence-electron chi connectivity index (χ1n) is 7.56. The monoisotopic (exact) mass is 299 g/mol. The summed E-state index contributed by atoms with van der Waals surface area (Å²) in [4.78, 5) is 23.6. The van der Waals surface area contributed by atoms with E-state index in [1.807, 2.05) is 54.9 Å². The Hall–Kier alpha value is -2.37. The maximum Gasteiger partial charge on any atom is 0.271 e. The highest BCUT2D eigenvalue weighted by atomic mass is 16.2. The molecule has 6 nitrogen and oxygen atoms in total. The molecule has 1 fully saturated rings. The van der Waals surface area contributed by atoms with Crippen LogP contribution >= 0.6 is 0 Å². The van der Waals surface area contributed by atoms with Gasteiger partial charge in [-0.1, -0.05) is 0 Å². The second-order valence-electron chi connectivity index (χ2n) is 5.64. The average molecular weight is 299 g/mol. The molecule has 1 saturated heterocycles. The Bertz CT molecular complexity index is 694. The minimum atomic E-state index is 0.0243. The standard InChI is InChI=1S/C16H21N5O/c1-11-18-12(10-15(17-2)19-11)13-6-5-9-21(13)16(22)14-7-4-8-20(14)3/h4,7-8,10,13H,5-6,9H2,1-3H3,(H,17,18,19)/t13-/m0/s1. The van der Waals surface area contributed by atoms with Crippen molar-refractivity contribution in [3.8, 4) is 0 Å². The Morgan fingerprint density at radius 2 is 2.23 bits per heavy atom. The van der Waals surface area contributed by atoms with Crippen molar-refractivity contribution >= 4 is 11.7 Å². The van der Waals surface area contributed by atoms with Gasteiger partial charge in [-0.05, 0) is 31.9 Å². The van der Waals surface area contributed by atoms with Gasteiger partial charge in [0.1, 0.15) is 17.3 Å². The van der Waals surface area contributed by atoms with E-state index in [1.54, 1.807) is 0 Å². The summed E-state index contributed by atoms with van der Waals surface area (Å²) in [6.45, 7) is 2.65. The largest absolute Gasteiger partial charge is 0.373 e. The van der Waals surface area contributed by atoms with Crippen molar-refractivity contribution in [2.75, 3.05) is 18.9 Å². The summed E-state index contributed by atoms with van der Waals surface area (Å²) in [6, 6.07) is 5.72. The minimum absolute atomic E-state index is 0.0243. The molecule has 2 aromatic heterocycles. The number of hydrogen-bond acceptors (Lipinski definition) is 4. The quantitative estimate of drug-likeness (QED) is 0.943. The molecule has 0 aliphatic carbocycles. The first-order chi connectivity index (χ1) is 10.6. The van der Waals surface area contributed by atoms with Crippen molar-refractivity contribution < 1.29 is 4.79 Å². The summed E-state index contributed by atoms with van der Waals surface area (Å²) >= 11 is 0.